The number of benzene rings is 3. The third kappa shape index (κ3) is 7.63. The van der Waals surface area contributed by atoms with Crippen LogP contribution in [0, 0.1) is 0 Å². The highest BCUT2D eigenvalue weighted by atomic mass is 32.2. The van der Waals surface area contributed by atoms with Crippen LogP contribution in [0.3, 0.4) is 0 Å². The van der Waals surface area contributed by atoms with E-state index in [2.05, 4.69) is 48.5 Å². The van der Waals surface area contributed by atoms with Gasteiger partial charge in [0.2, 0.25) is 0 Å². The van der Waals surface area contributed by atoms with E-state index in [4.69, 9.17) is 0 Å². The lowest BCUT2D eigenvalue weighted by Crippen LogP contribution is -2.63. The van der Waals surface area contributed by atoms with Crippen molar-refractivity contribution in [1.82, 2.24) is 0 Å². The van der Waals surface area contributed by atoms with Crippen LogP contribution < -0.4 is 0 Å². The lowest BCUT2D eigenvalue weighted by atomic mass is 10.0. The van der Waals surface area contributed by atoms with Gasteiger partial charge in [-0.3, -0.25) is 0 Å². The van der Waals surface area contributed by atoms with Crippen LogP contribution in [0.15, 0.2) is 105 Å². The number of sulfone groups is 1. The molecule has 0 heterocycles. The van der Waals surface area contributed by atoms with Crippen LogP contribution in [0.25, 0.3) is 0 Å². The summed E-state index contributed by atoms with van der Waals surface area (Å²) in [5, 5.41) is -7.33. The number of hydrogen-bond donors (Lipinski definition) is 0. The molecule has 45 heavy (non-hydrogen) atoms. The van der Waals surface area contributed by atoms with E-state index in [1.807, 2.05) is 36.4 Å². The van der Waals surface area contributed by atoms with Crippen LogP contribution in [0.5, 0.6) is 0 Å². The molecule has 0 unspecified atom stereocenters. The van der Waals surface area contributed by atoms with E-state index in [0.29, 0.717) is 4.90 Å². The van der Waals surface area contributed by atoms with E-state index in [1.54, 1.807) is 0 Å². The van der Waals surface area contributed by atoms with Gasteiger partial charge in [0.25, 0.3) is 0 Å². The lowest BCUT2D eigenvalue weighted by Gasteiger charge is -2.34. The summed E-state index contributed by atoms with van der Waals surface area (Å²) in [4.78, 5) is 4.07. The van der Waals surface area contributed by atoms with Crippen molar-refractivity contribution in [2.45, 2.75) is 80.2 Å². The summed E-state index contributed by atoms with van der Waals surface area (Å²) < 4.78 is 161. The van der Waals surface area contributed by atoms with Gasteiger partial charge in [0, 0.05) is 0 Å². The van der Waals surface area contributed by atoms with Crippen molar-refractivity contribution in [3.05, 3.63) is 84.9 Å². The number of hydrogen-bond acceptors (Lipinski definition) is 5. The maximum Gasteiger partial charge on any atom is 0.460 e. The molecule has 3 aromatic rings. The van der Waals surface area contributed by atoms with Crippen molar-refractivity contribution in [2.24, 2.45) is 0 Å². The van der Waals surface area contributed by atoms with Gasteiger partial charge in [-0.2, -0.15) is 39.5 Å². The van der Waals surface area contributed by atoms with E-state index in [1.165, 1.54) is 9.79 Å². The molecule has 1 aliphatic rings. The molecule has 0 atom stereocenters. The highest BCUT2D eigenvalue weighted by molar-refractivity contribution is 7.97. The van der Waals surface area contributed by atoms with Crippen LogP contribution in [0.2, 0.25) is 0 Å². The van der Waals surface area contributed by atoms with Gasteiger partial charge in [-0.1, -0.05) is 55.7 Å². The fourth-order valence-corrected chi connectivity index (χ4v) is 8.75. The summed E-state index contributed by atoms with van der Waals surface area (Å²) in [5.41, 5.74) is 0. The summed E-state index contributed by atoms with van der Waals surface area (Å²) in [7, 11) is -10.9. The van der Waals surface area contributed by atoms with Crippen molar-refractivity contribution >= 4 is 30.9 Å². The standard InChI is InChI=1S/C24H25O2S2.C4HF9O3S/c25-28(26,23-14-8-3-9-15-23)24-18-16-22(17-19-24)27(20-10-4-1-5-11-20)21-12-6-2-7-13-21;5-1(6,3(9,10)11)2(7,8)4(12,13)17(14,15)16/h1-2,4-7,10-13,16-19,23H,3,8-9,14-15H2;(H,14,15,16)/q+1;/p-1. The molecule has 1 fully saturated rings. The van der Waals surface area contributed by atoms with E-state index in [9.17, 15) is 60.9 Å². The molecule has 0 N–H and O–H groups in total. The number of halogens is 9. The smallest absolute Gasteiger partial charge is 0.460 e. The molecule has 4 rings (SSSR count). The molecule has 1 saturated carbocycles. The van der Waals surface area contributed by atoms with Gasteiger partial charge in [0.15, 0.2) is 34.6 Å². The molecule has 3 aromatic carbocycles. The topological polar surface area (TPSA) is 91.3 Å². The zero-order valence-corrected chi connectivity index (χ0v) is 25.3. The second-order valence-corrected chi connectivity index (χ2v) is 15.5. The van der Waals surface area contributed by atoms with Crippen LogP contribution in [0.1, 0.15) is 32.1 Å². The van der Waals surface area contributed by atoms with E-state index in [0.717, 1.165) is 37.0 Å². The number of alkyl halides is 9. The minimum Gasteiger partial charge on any atom is -0.743 e. The van der Waals surface area contributed by atoms with E-state index in [-0.39, 0.29) is 16.1 Å². The predicted octanol–water partition coefficient (Wildman–Crippen LogP) is 7.85. The highest BCUT2D eigenvalue weighted by Gasteiger charge is 2.83. The molecule has 0 aliphatic heterocycles. The summed E-state index contributed by atoms with van der Waals surface area (Å²) in [6.07, 6.45) is -2.38. The number of rotatable bonds is 8. The SMILES string of the molecule is O=S(=O)([O-])C(F)(F)C(F)(F)C(F)(F)C(F)(F)F.O=S(=O)(c1ccc([S+](c2ccccc2)c2ccccc2)cc1)C1CCCCC1. The third-order valence-corrected chi connectivity index (χ3v) is 12.2. The Balaban J connectivity index is 0.000000281. The molecule has 248 valence electrons. The molecule has 0 bridgehead atoms. The average molecular weight is 709 g/mol. The van der Waals surface area contributed by atoms with Gasteiger partial charge in [0.1, 0.15) is 0 Å². The average Bonchev–Trinajstić information content (AvgIpc) is 2.98. The second kappa shape index (κ2) is 13.5. The summed E-state index contributed by atoms with van der Waals surface area (Å²) in [6, 6.07) is 28.5. The van der Waals surface area contributed by atoms with Crippen LogP contribution in [-0.2, 0) is 30.9 Å². The fraction of sp³-hybridized carbons (Fsp3) is 0.357. The molecular weight excluding hydrogens is 683 g/mol. The van der Waals surface area contributed by atoms with Crippen LogP contribution in [0.4, 0.5) is 39.5 Å². The second-order valence-electron chi connectivity index (χ2n) is 9.83. The van der Waals surface area contributed by atoms with Crippen molar-refractivity contribution in [3.8, 4) is 0 Å². The van der Waals surface area contributed by atoms with Gasteiger partial charge in [0.05, 0.1) is 21.0 Å². The predicted molar refractivity (Wildman–Crippen MR) is 146 cm³/mol. The van der Waals surface area contributed by atoms with Crippen molar-refractivity contribution in [1.29, 1.82) is 0 Å². The molecule has 17 heteroatoms. The Labute approximate surface area is 256 Å². The Kier molecular flexibility index (Phi) is 11.0. The van der Waals surface area contributed by atoms with Gasteiger partial charge in [-0.05, 0) is 61.4 Å². The molecular formula is C28H25F9O5S3. The summed E-state index contributed by atoms with van der Waals surface area (Å²) in [6.45, 7) is 0. The Morgan fingerprint density at radius 2 is 0.978 bits per heavy atom. The first-order chi connectivity index (χ1) is 20.7. The van der Waals surface area contributed by atoms with Gasteiger partial charge in [-0.25, -0.2) is 16.8 Å². The first-order valence-electron chi connectivity index (χ1n) is 13.0. The van der Waals surface area contributed by atoms with Crippen LogP contribution in [-0.4, -0.2) is 49.9 Å². The Morgan fingerprint density at radius 3 is 1.36 bits per heavy atom. The molecule has 5 nitrogen and oxygen atoms in total. The van der Waals surface area contributed by atoms with Gasteiger partial charge >= 0.3 is 23.3 Å². The monoisotopic (exact) mass is 708 g/mol. The first kappa shape index (κ1) is 36.7. The molecule has 1 aliphatic carbocycles. The minimum absolute atomic E-state index is 0.214. The maximum atomic E-state index is 13.0. The summed E-state index contributed by atoms with van der Waals surface area (Å²) in [5.74, 6) is -14.8. The Bertz CT molecular complexity index is 1590. The van der Waals surface area contributed by atoms with E-state index < -0.39 is 43.2 Å². The third-order valence-electron chi connectivity index (χ3n) is 6.77. The molecule has 0 saturated heterocycles. The molecule has 0 spiro atoms. The maximum absolute atomic E-state index is 13.0. The molecule has 0 aromatic heterocycles. The zero-order valence-electron chi connectivity index (χ0n) is 22.9. The van der Waals surface area contributed by atoms with Gasteiger partial charge in [-0.15, -0.1) is 0 Å². The quantitative estimate of drug-likeness (QED) is 0.135. The first-order valence-corrected chi connectivity index (χ1v) is 17.2. The Morgan fingerprint density at radius 1 is 0.578 bits per heavy atom. The normalized spacial score (nSPS) is 15.8. The highest BCUT2D eigenvalue weighted by Crippen LogP contribution is 2.54. The molecule has 0 amide bonds. The van der Waals surface area contributed by atoms with Crippen LogP contribution >= 0.6 is 0 Å². The fourth-order valence-electron chi connectivity index (χ4n) is 4.37. The van der Waals surface area contributed by atoms with Gasteiger partial charge < -0.3 is 4.55 Å². The largest absolute Gasteiger partial charge is 0.743 e. The zero-order chi connectivity index (χ0) is 33.9. The van der Waals surface area contributed by atoms with Crippen molar-refractivity contribution < 1.29 is 60.9 Å². The van der Waals surface area contributed by atoms with Crippen molar-refractivity contribution in [2.75, 3.05) is 0 Å². The lowest BCUT2D eigenvalue weighted by molar-refractivity contribution is -0.382. The molecule has 0 radical (unpaired) electrons. The van der Waals surface area contributed by atoms with E-state index >= 15 is 0 Å². The summed E-state index contributed by atoms with van der Waals surface area (Å²) >= 11 is 0. The Hall–Kier alpha value is -2.76. The minimum atomic E-state index is -7.43. The van der Waals surface area contributed by atoms with Crippen molar-refractivity contribution in [3.63, 3.8) is 0 Å².